The van der Waals surface area contributed by atoms with Gasteiger partial charge < -0.3 is 4.74 Å². The number of ketones is 1. The van der Waals surface area contributed by atoms with Crippen molar-refractivity contribution in [3.05, 3.63) is 59.7 Å². The van der Waals surface area contributed by atoms with Gasteiger partial charge in [-0.2, -0.15) is 0 Å². The Labute approximate surface area is 161 Å². The van der Waals surface area contributed by atoms with E-state index in [0.29, 0.717) is 27.4 Å². The molecule has 27 heavy (non-hydrogen) atoms. The number of Topliss-reactive ketones (excluding diaryl/α,β-unsaturated/α-hetero) is 1. The van der Waals surface area contributed by atoms with Crippen molar-refractivity contribution in [3.63, 3.8) is 0 Å². The molecule has 1 atom stereocenters. The molecule has 0 aromatic heterocycles. The van der Waals surface area contributed by atoms with Crippen molar-refractivity contribution < 1.29 is 22.2 Å². The second-order valence-corrected chi connectivity index (χ2v) is 10.3. The Morgan fingerprint density at radius 1 is 0.926 bits per heavy atom. The third-order valence-electron chi connectivity index (χ3n) is 4.38. The van der Waals surface area contributed by atoms with Crippen molar-refractivity contribution in [3.8, 4) is 0 Å². The van der Waals surface area contributed by atoms with E-state index in [1.54, 1.807) is 56.5 Å². The summed E-state index contributed by atoms with van der Waals surface area (Å²) in [4.78, 5) is 13.8. The highest BCUT2D eigenvalue weighted by atomic mass is 32.2. The van der Waals surface area contributed by atoms with E-state index in [-0.39, 0.29) is 10.7 Å². The minimum atomic E-state index is -3.31. The largest absolute Gasteiger partial charge is 0.478 e. The van der Waals surface area contributed by atoms with Gasteiger partial charge in [0.1, 0.15) is 5.76 Å². The van der Waals surface area contributed by atoms with E-state index in [2.05, 4.69) is 0 Å². The van der Waals surface area contributed by atoms with Crippen LogP contribution in [0.5, 0.6) is 0 Å². The Morgan fingerprint density at radius 3 is 1.93 bits per heavy atom. The summed E-state index contributed by atoms with van der Waals surface area (Å²) < 4.78 is 40.9. The topological polar surface area (TPSA) is 77.5 Å². The summed E-state index contributed by atoms with van der Waals surface area (Å²) in [5.74, 6) is 0.255. The number of hydrogen-bond acceptors (Lipinski definition) is 5. The predicted molar refractivity (Wildman–Crippen MR) is 105 cm³/mol. The molecule has 0 amide bonds. The van der Waals surface area contributed by atoms with Gasteiger partial charge in [0.05, 0.1) is 10.5 Å². The lowest BCUT2D eigenvalue weighted by Gasteiger charge is -2.17. The molecule has 0 fully saturated rings. The molecule has 0 saturated heterocycles. The van der Waals surface area contributed by atoms with E-state index < -0.39 is 26.2 Å². The minimum Gasteiger partial charge on any atom is -0.478 e. The van der Waals surface area contributed by atoms with Crippen molar-refractivity contribution in [2.24, 2.45) is 0 Å². The minimum absolute atomic E-state index is 0.157. The first kappa shape index (κ1) is 19.5. The maximum Gasteiger partial charge on any atom is 0.210 e. The van der Waals surface area contributed by atoms with E-state index in [0.717, 1.165) is 6.26 Å². The van der Waals surface area contributed by atoms with Crippen molar-refractivity contribution in [1.82, 2.24) is 0 Å². The Balaban J connectivity index is 2.13. The number of benzene rings is 2. The molecule has 1 unspecified atom stereocenters. The number of rotatable bonds is 4. The lowest BCUT2D eigenvalue weighted by atomic mass is 9.93. The zero-order valence-corrected chi connectivity index (χ0v) is 17.1. The molecular weight excluding hydrogens is 384 g/mol. The van der Waals surface area contributed by atoms with E-state index in [9.17, 15) is 17.4 Å². The zero-order valence-electron chi connectivity index (χ0n) is 15.5. The number of hydrogen-bond donors (Lipinski definition) is 0. The van der Waals surface area contributed by atoms with Gasteiger partial charge in [-0.3, -0.25) is 9.00 Å². The predicted octanol–water partition coefficient (Wildman–Crippen LogP) is 3.07. The maximum absolute atomic E-state index is 12.9. The van der Waals surface area contributed by atoms with Crippen LogP contribution in [0.1, 0.15) is 25.0 Å². The second-order valence-electron chi connectivity index (χ2n) is 6.92. The van der Waals surface area contributed by atoms with Crippen molar-refractivity contribution in [2.75, 3.05) is 12.5 Å². The van der Waals surface area contributed by atoms with Gasteiger partial charge in [-0.25, -0.2) is 8.42 Å². The summed E-state index contributed by atoms with van der Waals surface area (Å²) in [6, 6.07) is 13.2. The summed E-state index contributed by atoms with van der Waals surface area (Å²) >= 11 is 0. The summed E-state index contributed by atoms with van der Waals surface area (Å²) in [5.41, 5.74) is 0.703. The molecule has 3 rings (SSSR count). The molecule has 142 valence electrons. The first-order valence-corrected chi connectivity index (χ1v) is 11.7. The van der Waals surface area contributed by atoms with Gasteiger partial charge in [-0.05, 0) is 55.8 Å². The normalized spacial score (nSPS) is 17.7. The van der Waals surface area contributed by atoms with Crippen LogP contribution in [0.4, 0.5) is 0 Å². The molecule has 7 heteroatoms. The van der Waals surface area contributed by atoms with Crippen LogP contribution in [0, 0.1) is 0 Å². The van der Waals surface area contributed by atoms with Crippen LogP contribution in [0.25, 0.3) is 11.3 Å². The number of ether oxygens (including phenoxy) is 1. The van der Waals surface area contributed by atoms with Crippen LogP contribution < -0.4 is 0 Å². The summed E-state index contributed by atoms with van der Waals surface area (Å²) in [6.07, 6.45) is 2.74. The van der Waals surface area contributed by atoms with Crippen LogP contribution in [-0.4, -0.2) is 36.5 Å². The number of carbonyl (C=O) groups excluding carboxylic acids is 1. The average molecular weight is 405 g/mol. The van der Waals surface area contributed by atoms with Gasteiger partial charge in [0.25, 0.3) is 0 Å². The molecule has 0 spiro atoms. The molecule has 1 aliphatic heterocycles. The van der Waals surface area contributed by atoms with Crippen LogP contribution in [0.3, 0.4) is 0 Å². The molecule has 2 aromatic rings. The summed E-state index contributed by atoms with van der Waals surface area (Å²) in [5, 5.41) is 0. The third kappa shape index (κ3) is 3.75. The second kappa shape index (κ2) is 6.73. The first-order valence-electron chi connectivity index (χ1n) is 8.23. The van der Waals surface area contributed by atoms with Gasteiger partial charge >= 0.3 is 0 Å². The molecule has 1 heterocycles. The molecule has 0 radical (unpaired) electrons. The summed E-state index contributed by atoms with van der Waals surface area (Å²) in [6.45, 7) is 3.39. The average Bonchev–Trinajstić information content (AvgIpc) is 2.84. The molecule has 0 saturated carbocycles. The van der Waals surface area contributed by atoms with Crippen molar-refractivity contribution in [1.29, 1.82) is 0 Å². The fourth-order valence-corrected chi connectivity index (χ4v) is 4.04. The Morgan fingerprint density at radius 2 is 1.44 bits per heavy atom. The molecule has 5 nitrogen and oxygen atoms in total. The van der Waals surface area contributed by atoms with Crippen LogP contribution in [0.2, 0.25) is 0 Å². The van der Waals surface area contributed by atoms with E-state index in [1.165, 1.54) is 12.1 Å². The fourth-order valence-electron chi connectivity index (χ4n) is 2.89. The maximum atomic E-state index is 12.9. The molecule has 1 aliphatic rings. The van der Waals surface area contributed by atoms with E-state index >= 15 is 0 Å². The standard InChI is InChI=1S/C20H20O5S2/c1-20(2)19(21)17(13-5-9-15(10-6-13)26(3)22)18(25-20)14-7-11-16(12-8-14)27(4,23)24/h5-12H,1-4H3. The lowest BCUT2D eigenvalue weighted by Crippen LogP contribution is -2.29. The summed E-state index contributed by atoms with van der Waals surface area (Å²) in [7, 11) is -4.42. The highest BCUT2D eigenvalue weighted by molar-refractivity contribution is 7.90. The van der Waals surface area contributed by atoms with Crippen molar-refractivity contribution in [2.45, 2.75) is 29.2 Å². The molecular formula is C20H20O5S2. The Bertz CT molecular complexity index is 1060. The van der Waals surface area contributed by atoms with Crippen LogP contribution in [-0.2, 0) is 30.2 Å². The smallest absolute Gasteiger partial charge is 0.210 e. The van der Waals surface area contributed by atoms with E-state index in [4.69, 9.17) is 4.74 Å². The van der Waals surface area contributed by atoms with Crippen LogP contribution >= 0.6 is 0 Å². The Kier molecular flexibility index (Phi) is 4.86. The number of carbonyl (C=O) groups is 1. The molecule has 0 aliphatic carbocycles. The SMILES string of the molecule is CS(=O)c1ccc(C2=C(c3ccc(S(C)(=O)=O)cc3)OC(C)(C)C2=O)cc1. The van der Waals surface area contributed by atoms with Gasteiger partial charge in [-0.1, -0.05) is 12.1 Å². The van der Waals surface area contributed by atoms with Gasteiger partial charge in [0.2, 0.25) is 5.78 Å². The van der Waals surface area contributed by atoms with Gasteiger partial charge in [0, 0.05) is 33.8 Å². The highest BCUT2D eigenvalue weighted by Crippen LogP contribution is 2.41. The highest BCUT2D eigenvalue weighted by Gasteiger charge is 2.42. The van der Waals surface area contributed by atoms with Gasteiger partial charge in [0.15, 0.2) is 15.4 Å². The molecule has 2 aromatic carbocycles. The van der Waals surface area contributed by atoms with Crippen molar-refractivity contribution >= 4 is 37.8 Å². The lowest BCUT2D eigenvalue weighted by molar-refractivity contribution is -0.125. The van der Waals surface area contributed by atoms with E-state index in [1.807, 2.05) is 0 Å². The Hall–Kier alpha value is -2.25. The number of sulfone groups is 1. The van der Waals surface area contributed by atoms with Crippen LogP contribution in [0.15, 0.2) is 58.3 Å². The monoisotopic (exact) mass is 404 g/mol. The van der Waals surface area contributed by atoms with Gasteiger partial charge in [-0.15, -0.1) is 0 Å². The fraction of sp³-hybridized carbons (Fsp3) is 0.250. The molecule has 0 N–H and O–H groups in total. The molecule has 0 bridgehead atoms. The quantitative estimate of drug-likeness (QED) is 0.783. The zero-order chi connectivity index (χ0) is 20.0. The third-order valence-corrected chi connectivity index (χ3v) is 6.44. The first-order chi connectivity index (χ1) is 12.5.